The molecule has 0 bridgehead atoms. The first-order valence-corrected chi connectivity index (χ1v) is 8.93. The van der Waals surface area contributed by atoms with Crippen LogP contribution < -0.4 is 0 Å². The number of Topliss-reactive ketones (excluding diaryl/α,β-unsaturated/α-hetero) is 1. The maximum Gasteiger partial charge on any atom is 0.290 e. The first kappa shape index (κ1) is 20.0. The largest absolute Gasteiger partial charge is 0.508 e. The van der Waals surface area contributed by atoms with Gasteiger partial charge >= 0.3 is 0 Å². The van der Waals surface area contributed by atoms with E-state index in [4.69, 9.17) is 0 Å². The second-order valence-electron chi connectivity index (χ2n) is 7.43. The molecule has 0 saturated carbocycles. The summed E-state index contributed by atoms with van der Waals surface area (Å²) in [4.78, 5) is 28.9. The minimum Gasteiger partial charge on any atom is -0.508 e. The average Bonchev–Trinajstić information content (AvgIpc) is 2.79. The van der Waals surface area contributed by atoms with Crippen molar-refractivity contribution in [3.05, 3.63) is 41.2 Å². The molecule has 1 unspecified atom stereocenters. The third-order valence-electron chi connectivity index (χ3n) is 4.41. The van der Waals surface area contributed by atoms with Crippen molar-refractivity contribution in [3.8, 4) is 5.75 Å². The molecular weight excluding hydrogens is 332 g/mol. The van der Waals surface area contributed by atoms with Crippen LogP contribution in [0.2, 0.25) is 0 Å². The first-order chi connectivity index (χ1) is 12.2. The number of aromatic hydroxyl groups is 1. The number of benzene rings is 1. The van der Waals surface area contributed by atoms with E-state index in [0.717, 1.165) is 13.0 Å². The Morgan fingerprint density at radius 2 is 1.81 bits per heavy atom. The molecule has 1 atom stereocenters. The van der Waals surface area contributed by atoms with E-state index in [2.05, 4.69) is 0 Å². The Bertz CT molecular complexity index is 692. The number of hydrogen-bond donors (Lipinski definition) is 2. The molecular formula is C20H28N2O4. The fraction of sp³-hybridized carbons (Fsp3) is 0.500. The van der Waals surface area contributed by atoms with Crippen LogP contribution in [0, 0.1) is 5.92 Å². The van der Waals surface area contributed by atoms with Crippen molar-refractivity contribution >= 4 is 11.7 Å². The number of hydrogen-bond acceptors (Lipinski definition) is 5. The van der Waals surface area contributed by atoms with Gasteiger partial charge in [0.15, 0.2) is 11.5 Å². The summed E-state index contributed by atoms with van der Waals surface area (Å²) in [6, 6.07) is 5.81. The standard InChI is InChI=1S/C20H28N2O4/c1-13(2)12-16(24)17-18(14-6-8-15(23)9-7-14)22(20(26)19(17)25)11-5-10-21(3)4/h6-9,13,18,23,25H,5,10-12H2,1-4H3. The smallest absolute Gasteiger partial charge is 0.290 e. The predicted molar refractivity (Wildman–Crippen MR) is 99.8 cm³/mol. The lowest BCUT2D eigenvalue weighted by Gasteiger charge is -2.27. The lowest BCUT2D eigenvalue weighted by atomic mass is 9.92. The van der Waals surface area contributed by atoms with E-state index in [1.54, 1.807) is 17.0 Å². The number of carbonyl (C=O) groups is 2. The summed E-state index contributed by atoms with van der Waals surface area (Å²) < 4.78 is 0. The van der Waals surface area contributed by atoms with Crippen molar-refractivity contribution in [2.75, 3.05) is 27.2 Å². The monoisotopic (exact) mass is 360 g/mol. The molecule has 0 spiro atoms. The lowest BCUT2D eigenvalue weighted by Crippen LogP contribution is -2.33. The molecule has 1 aromatic carbocycles. The zero-order valence-electron chi connectivity index (χ0n) is 15.9. The Labute approximate surface area is 154 Å². The summed E-state index contributed by atoms with van der Waals surface area (Å²) >= 11 is 0. The van der Waals surface area contributed by atoms with Crippen LogP contribution in [0.3, 0.4) is 0 Å². The SMILES string of the molecule is CC(C)CC(=O)C1=C(O)C(=O)N(CCCN(C)C)C1c1ccc(O)cc1. The van der Waals surface area contributed by atoms with E-state index in [9.17, 15) is 19.8 Å². The molecule has 1 aliphatic rings. The van der Waals surface area contributed by atoms with Crippen LogP contribution in [-0.2, 0) is 9.59 Å². The molecule has 6 nitrogen and oxygen atoms in total. The van der Waals surface area contributed by atoms with Crippen molar-refractivity contribution in [1.82, 2.24) is 9.80 Å². The molecule has 2 N–H and O–H groups in total. The third kappa shape index (κ3) is 4.43. The number of amides is 1. The summed E-state index contributed by atoms with van der Waals surface area (Å²) in [5.74, 6) is -0.923. The van der Waals surface area contributed by atoms with Gasteiger partial charge < -0.3 is 20.0 Å². The normalized spacial score (nSPS) is 17.7. The Balaban J connectivity index is 2.38. The highest BCUT2D eigenvalue weighted by molar-refractivity contribution is 6.09. The molecule has 26 heavy (non-hydrogen) atoms. The number of ketones is 1. The van der Waals surface area contributed by atoms with Gasteiger partial charge in [-0.2, -0.15) is 0 Å². The van der Waals surface area contributed by atoms with Gasteiger partial charge in [-0.15, -0.1) is 0 Å². The van der Waals surface area contributed by atoms with Crippen LogP contribution in [0.1, 0.15) is 38.3 Å². The molecule has 2 rings (SSSR count). The van der Waals surface area contributed by atoms with Crippen LogP contribution in [-0.4, -0.2) is 58.9 Å². The minimum absolute atomic E-state index is 0.112. The van der Waals surface area contributed by atoms with Gasteiger partial charge in [0, 0.05) is 13.0 Å². The summed E-state index contributed by atoms with van der Waals surface area (Å²) in [6.07, 6.45) is 0.999. The average molecular weight is 360 g/mol. The van der Waals surface area contributed by atoms with Gasteiger partial charge in [-0.3, -0.25) is 9.59 Å². The molecule has 1 aliphatic heterocycles. The number of aliphatic hydroxyl groups is 1. The van der Waals surface area contributed by atoms with Gasteiger partial charge in [0.2, 0.25) is 0 Å². The Hall–Kier alpha value is -2.34. The molecule has 142 valence electrons. The third-order valence-corrected chi connectivity index (χ3v) is 4.41. The molecule has 0 radical (unpaired) electrons. The van der Waals surface area contributed by atoms with Crippen LogP contribution in [0.15, 0.2) is 35.6 Å². The summed E-state index contributed by atoms with van der Waals surface area (Å²) in [5.41, 5.74) is 0.872. The zero-order chi connectivity index (χ0) is 19.4. The molecule has 6 heteroatoms. The van der Waals surface area contributed by atoms with Crippen molar-refractivity contribution in [3.63, 3.8) is 0 Å². The molecule has 1 aromatic rings. The number of nitrogens with zero attached hydrogens (tertiary/aromatic N) is 2. The fourth-order valence-electron chi connectivity index (χ4n) is 3.21. The fourth-order valence-corrected chi connectivity index (χ4v) is 3.21. The first-order valence-electron chi connectivity index (χ1n) is 8.93. The second-order valence-corrected chi connectivity index (χ2v) is 7.43. The number of phenols is 1. The molecule has 1 amide bonds. The molecule has 1 heterocycles. The van der Waals surface area contributed by atoms with Crippen molar-refractivity contribution in [1.29, 1.82) is 0 Å². The number of phenolic OH excluding ortho intramolecular Hbond substituents is 1. The number of rotatable bonds is 8. The Morgan fingerprint density at radius 3 is 2.35 bits per heavy atom. The molecule has 0 saturated heterocycles. The topological polar surface area (TPSA) is 81.1 Å². The highest BCUT2D eigenvalue weighted by Gasteiger charge is 2.42. The van der Waals surface area contributed by atoms with Gasteiger partial charge in [0.25, 0.3) is 5.91 Å². The van der Waals surface area contributed by atoms with Crippen molar-refractivity contribution < 1.29 is 19.8 Å². The van der Waals surface area contributed by atoms with Gasteiger partial charge in [-0.05, 0) is 50.7 Å². The predicted octanol–water partition coefficient (Wildman–Crippen LogP) is 2.65. The van der Waals surface area contributed by atoms with E-state index in [1.807, 2.05) is 32.8 Å². The Morgan fingerprint density at radius 1 is 1.19 bits per heavy atom. The van der Waals surface area contributed by atoms with Crippen LogP contribution in [0.25, 0.3) is 0 Å². The van der Waals surface area contributed by atoms with Crippen LogP contribution in [0.4, 0.5) is 0 Å². The van der Waals surface area contributed by atoms with Crippen LogP contribution >= 0.6 is 0 Å². The van der Waals surface area contributed by atoms with Gasteiger partial charge in [0.05, 0.1) is 11.6 Å². The maximum atomic E-state index is 12.7. The van der Waals surface area contributed by atoms with Crippen molar-refractivity contribution in [2.24, 2.45) is 5.92 Å². The van der Waals surface area contributed by atoms with E-state index >= 15 is 0 Å². The molecule has 0 aliphatic carbocycles. The van der Waals surface area contributed by atoms with Crippen molar-refractivity contribution in [2.45, 2.75) is 32.7 Å². The summed E-state index contributed by atoms with van der Waals surface area (Å²) in [6.45, 7) is 5.08. The highest BCUT2D eigenvalue weighted by Crippen LogP contribution is 2.39. The number of aliphatic hydroxyl groups excluding tert-OH is 1. The van der Waals surface area contributed by atoms with E-state index < -0.39 is 17.7 Å². The van der Waals surface area contributed by atoms with Gasteiger partial charge in [-0.1, -0.05) is 26.0 Å². The molecule has 0 fully saturated rings. The van der Waals surface area contributed by atoms with E-state index in [-0.39, 0.29) is 29.4 Å². The maximum absolute atomic E-state index is 12.7. The zero-order valence-corrected chi connectivity index (χ0v) is 15.9. The minimum atomic E-state index is -0.614. The number of carbonyl (C=O) groups excluding carboxylic acids is 2. The second kappa shape index (κ2) is 8.36. The van der Waals surface area contributed by atoms with Gasteiger partial charge in [-0.25, -0.2) is 0 Å². The van der Waals surface area contributed by atoms with E-state index in [0.29, 0.717) is 12.1 Å². The summed E-state index contributed by atoms with van der Waals surface area (Å²) in [7, 11) is 3.91. The van der Waals surface area contributed by atoms with Gasteiger partial charge in [0.1, 0.15) is 5.75 Å². The molecule has 0 aromatic heterocycles. The highest BCUT2D eigenvalue weighted by atomic mass is 16.3. The van der Waals surface area contributed by atoms with E-state index in [1.165, 1.54) is 12.1 Å². The Kier molecular flexibility index (Phi) is 6.42. The lowest BCUT2D eigenvalue weighted by molar-refractivity contribution is -0.129. The quantitative estimate of drug-likeness (QED) is 0.745. The summed E-state index contributed by atoms with van der Waals surface area (Å²) in [5, 5.41) is 20.0. The van der Waals surface area contributed by atoms with Crippen LogP contribution in [0.5, 0.6) is 5.75 Å².